The van der Waals surface area contributed by atoms with Crippen molar-refractivity contribution in [2.45, 2.75) is 0 Å². The Balaban J connectivity index is 3.56. The molecule has 60 valence electrons. The molecule has 0 aliphatic rings. The zero-order valence-electron chi connectivity index (χ0n) is 5.37. The summed E-state index contributed by atoms with van der Waals surface area (Å²) < 4.78 is 10.1. The highest BCUT2D eigenvalue weighted by atomic mass is 31.2. The maximum Gasteiger partial charge on any atom is 0.344 e. The molecule has 0 aromatic carbocycles. The quantitative estimate of drug-likeness (QED) is 0.399. The number of carbonyl (C=O) groups excluding carboxylic acids is 1. The van der Waals surface area contributed by atoms with Crippen molar-refractivity contribution < 1.29 is 19.1 Å². The van der Waals surface area contributed by atoms with E-state index in [1.54, 1.807) is 0 Å². The second kappa shape index (κ2) is 3.55. The Morgan fingerprint density at radius 3 is 2.40 bits per heavy atom. The van der Waals surface area contributed by atoms with Crippen molar-refractivity contribution in [2.24, 2.45) is 0 Å². The minimum atomic E-state index is -4.10. The van der Waals surface area contributed by atoms with Crippen LogP contribution in [0.2, 0.25) is 0 Å². The van der Waals surface area contributed by atoms with E-state index in [1.807, 2.05) is 5.32 Å². The fourth-order valence-electron chi connectivity index (χ4n) is 0.263. The number of carbonyl (C=O) groups is 1. The molecule has 10 heavy (non-hydrogen) atoms. The molecule has 0 bridgehead atoms. The van der Waals surface area contributed by atoms with Gasteiger partial charge < -0.3 is 20.4 Å². The van der Waals surface area contributed by atoms with E-state index < -0.39 is 19.9 Å². The van der Waals surface area contributed by atoms with E-state index in [-0.39, 0.29) is 0 Å². The van der Waals surface area contributed by atoms with Gasteiger partial charge in [0.15, 0.2) is 0 Å². The number of rotatable bonds is 2. The van der Waals surface area contributed by atoms with Crippen molar-refractivity contribution in [1.29, 1.82) is 0 Å². The lowest BCUT2D eigenvalue weighted by molar-refractivity contribution is 0.243. The summed E-state index contributed by atoms with van der Waals surface area (Å²) in [6, 6.07) is -0.608. The fraction of sp³-hybridized carbons (Fsp3) is 0.667. The summed E-state index contributed by atoms with van der Waals surface area (Å²) in [6.07, 6.45) is -0.632. The van der Waals surface area contributed by atoms with Crippen molar-refractivity contribution >= 4 is 13.6 Å². The summed E-state index contributed by atoms with van der Waals surface area (Å²) in [4.78, 5) is 26.8. The Hall–Kier alpha value is -0.580. The van der Waals surface area contributed by atoms with Crippen LogP contribution >= 0.6 is 7.60 Å². The second-order valence-electron chi connectivity index (χ2n) is 1.58. The van der Waals surface area contributed by atoms with Crippen LogP contribution in [0.4, 0.5) is 4.79 Å². The van der Waals surface area contributed by atoms with Crippen LogP contribution in [0.3, 0.4) is 0 Å². The zero-order chi connectivity index (χ0) is 8.20. The van der Waals surface area contributed by atoms with Gasteiger partial charge in [0.05, 0.1) is 0 Å². The molecule has 0 fully saturated rings. The van der Waals surface area contributed by atoms with Gasteiger partial charge in [0, 0.05) is 7.05 Å². The normalized spacial score (nSPS) is 10.7. The van der Waals surface area contributed by atoms with Gasteiger partial charge in [-0.25, -0.2) is 4.79 Å². The van der Waals surface area contributed by atoms with Crippen LogP contribution in [0.25, 0.3) is 0 Å². The number of urea groups is 1. The largest absolute Gasteiger partial charge is 0.344 e. The number of hydrogen-bond donors (Lipinski definition) is 4. The molecular formula is C3H9N2O4P. The van der Waals surface area contributed by atoms with Gasteiger partial charge in [-0.1, -0.05) is 0 Å². The highest BCUT2D eigenvalue weighted by Crippen LogP contribution is 2.31. The van der Waals surface area contributed by atoms with E-state index in [2.05, 4.69) is 5.32 Å². The van der Waals surface area contributed by atoms with Crippen molar-refractivity contribution in [3.05, 3.63) is 0 Å². The third-order valence-corrected chi connectivity index (χ3v) is 1.24. The van der Waals surface area contributed by atoms with Gasteiger partial charge >= 0.3 is 13.6 Å². The Bertz CT molecular complexity index is 164. The van der Waals surface area contributed by atoms with Gasteiger partial charge in [-0.15, -0.1) is 0 Å². The summed E-state index contributed by atoms with van der Waals surface area (Å²) in [7, 11) is -2.75. The number of nitrogens with one attached hydrogen (secondary N) is 2. The van der Waals surface area contributed by atoms with E-state index >= 15 is 0 Å². The van der Waals surface area contributed by atoms with Crippen LogP contribution in [0.15, 0.2) is 0 Å². The first-order valence-corrected chi connectivity index (χ1v) is 4.25. The minimum Gasteiger partial charge on any atom is -0.341 e. The molecule has 0 saturated carbocycles. The molecule has 6 nitrogen and oxygen atoms in total. The minimum absolute atomic E-state index is 0.608. The number of hydrogen-bond acceptors (Lipinski definition) is 2. The summed E-state index contributed by atoms with van der Waals surface area (Å²) in [6.45, 7) is 0. The summed E-state index contributed by atoms with van der Waals surface area (Å²) in [5.41, 5.74) is 0. The summed E-state index contributed by atoms with van der Waals surface area (Å²) >= 11 is 0. The molecule has 0 aromatic heterocycles. The van der Waals surface area contributed by atoms with Gasteiger partial charge in [-0.05, 0) is 0 Å². The molecular weight excluding hydrogens is 159 g/mol. The molecule has 0 atom stereocenters. The Morgan fingerprint density at radius 1 is 1.60 bits per heavy atom. The predicted octanol–water partition coefficient (Wildman–Crippen LogP) is -0.949. The number of amides is 2. The topological polar surface area (TPSA) is 98.7 Å². The van der Waals surface area contributed by atoms with E-state index in [0.717, 1.165) is 0 Å². The Labute approximate surface area is 57.8 Å². The lowest BCUT2D eigenvalue weighted by atomic mass is 11.0. The van der Waals surface area contributed by atoms with Gasteiger partial charge in [0.2, 0.25) is 0 Å². The van der Waals surface area contributed by atoms with Crippen molar-refractivity contribution in [1.82, 2.24) is 10.6 Å². The molecule has 2 amide bonds. The average molecular weight is 168 g/mol. The molecule has 0 radical (unpaired) electrons. The molecule has 0 rings (SSSR count). The maximum atomic E-state index is 10.3. The first-order valence-electron chi connectivity index (χ1n) is 2.46. The van der Waals surface area contributed by atoms with Crippen LogP contribution in [0.1, 0.15) is 0 Å². The maximum absolute atomic E-state index is 10.3. The molecule has 0 heterocycles. The van der Waals surface area contributed by atoms with Crippen LogP contribution < -0.4 is 10.6 Å². The first-order chi connectivity index (χ1) is 4.45. The van der Waals surface area contributed by atoms with Crippen molar-refractivity contribution in [2.75, 3.05) is 13.3 Å². The predicted molar refractivity (Wildman–Crippen MR) is 34.5 cm³/mol. The smallest absolute Gasteiger partial charge is 0.341 e. The fourth-order valence-corrected chi connectivity index (χ4v) is 0.613. The van der Waals surface area contributed by atoms with Crippen LogP contribution in [-0.4, -0.2) is 29.2 Å². The standard InChI is InChI=1S/C3H9N2O4P/c1-4-3(6)5-2-10(7,8)9/h2H2,1H3,(H2,4,5,6)(H2,7,8,9). The summed E-state index contributed by atoms with van der Waals surface area (Å²) in [5.74, 6) is 0. The van der Waals surface area contributed by atoms with E-state index in [9.17, 15) is 9.36 Å². The third kappa shape index (κ3) is 5.55. The first kappa shape index (κ1) is 9.42. The monoisotopic (exact) mass is 168 g/mol. The Morgan fingerprint density at radius 2 is 2.10 bits per heavy atom. The van der Waals surface area contributed by atoms with E-state index in [4.69, 9.17) is 9.79 Å². The summed E-state index contributed by atoms with van der Waals surface area (Å²) in [5, 5.41) is 4.10. The SMILES string of the molecule is CNC(=O)NCP(=O)(O)O. The lowest BCUT2D eigenvalue weighted by Crippen LogP contribution is -2.33. The molecule has 0 aliphatic carbocycles. The van der Waals surface area contributed by atoms with Crippen LogP contribution in [0, 0.1) is 0 Å². The molecule has 0 aliphatic heterocycles. The van der Waals surface area contributed by atoms with Crippen LogP contribution in [-0.2, 0) is 4.57 Å². The lowest BCUT2D eigenvalue weighted by Gasteiger charge is -2.04. The van der Waals surface area contributed by atoms with E-state index in [1.165, 1.54) is 7.05 Å². The highest BCUT2D eigenvalue weighted by molar-refractivity contribution is 7.51. The van der Waals surface area contributed by atoms with E-state index in [0.29, 0.717) is 0 Å². The van der Waals surface area contributed by atoms with Crippen molar-refractivity contribution in [3.8, 4) is 0 Å². The zero-order valence-corrected chi connectivity index (χ0v) is 6.26. The molecule has 0 aromatic rings. The molecule has 0 unspecified atom stereocenters. The van der Waals surface area contributed by atoms with Gasteiger partial charge in [0.25, 0.3) is 0 Å². The van der Waals surface area contributed by atoms with Crippen LogP contribution in [0.5, 0.6) is 0 Å². The van der Waals surface area contributed by atoms with Crippen molar-refractivity contribution in [3.63, 3.8) is 0 Å². The third-order valence-electron chi connectivity index (χ3n) is 0.673. The Kier molecular flexibility index (Phi) is 3.35. The van der Waals surface area contributed by atoms with Gasteiger partial charge in [-0.2, -0.15) is 0 Å². The average Bonchev–Trinajstić information content (AvgIpc) is 1.81. The highest BCUT2D eigenvalue weighted by Gasteiger charge is 2.12. The molecule has 0 spiro atoms. The molecule has 4 N–H and O–H groups in total. The van der Waals surface area contributed by atoms with Gasteiger partial charge in [-0.3, -0.25) is 4.57 Å². The molecule has 0 saturated heterocycles. The second-order valence-corrected chi connectivity index (χ2v) is 3.22. The van der Waals surface area contributed by atoms with Gasteiger partial charge in [0.1, 0.15) is 6.29 Å². The molecule has 7 heteroatoms.